The maximum atomic E-state index is 11.8. The number of rotatable bonds is 3. The Balaban J connectivity index is 2.33. The summed E-state index contributed by atoms with van der Waals surface area (Å²) in [4.78, 5) is 3.86. The molecule has 2 aromatic rings. The van der Waals surface area contributed by atoms with E-state index < -0.39 is 10.0 Å². The maximum Gasteiger partial charge on any atom is 0.274 e. The molecular weight excluding hydrogens is 320 g/mol. The second kappa shape index (κ2) is 4.20. The van der Waals surface area contributed by atoms with Gasteiger partial charge in [0.15, 0.2) is 9.34 Å². The van der Waals surface area contributed by atoms with Crippen LogP contribution in [0.3, 0.4) is 0 Å². The first-order valence-corrected chi connectivity index (χ1v) is 7.78. The lowest BCUT2D eigenvalue weighted by molar-refractivity contribution is 0.603. The van der Waals surface area contributed by atoms with Crippen LogP contribution in [-0.2, 0) is 10.0 Å². The Hall–Kier alpha value is -0.440. The van der Waals surface area contributed by atoms with Crippen LogP contribution in [0.15, 0.2) is 31.7 Å². The molecule has 0 saturated carbocycles. The summed E-state index contributed by atoms with van der Waals surface area (Å²) in [5.41, 5.74) is 0. The Bertz CT molecular complexity index is 547. The molecule has 0 bridgehead atoms. The molecule has 80 valence electrons. The number of anilines is 1. The molecule has 0 radical (unpaired) electrons. The van der Waals surface area contributed by atoms with Crippen molar-refractivity contribution in [3.8, 4) is 0 Å². The molecule has 0 atom stereocenters. The maximum absolute atomic E-state index is 11.8. The van der Waals surface area contributed by atoms with E-state index in [2.05, 4.69) is 25.6 Å². The van der Waals surface area contributed by atoms with Crippen LogP contribution in [0.2, 0.25) is 0 Å². The van der Waals surface area contributed by atoms with Gasteiger partial charge in [0.05, 0.1) is 0 Å². The Morgan fingerprint density at radius 2 is 2.13 bits per heavy atom. The lowest BCUT2D eigenvalue weighted by atomic mass is 10.7. The zero-order chi connectivity index (χ0) is 10.9. The molecule has 8 heteroatoms. The molecule has 0 aliphatic carbocycles. The van der Waals surface area contributed by atoms with Gasteiger partial charge in [-0.05, 0) is 27.4 Å². The summed E-state index contributed by atoms with van der Waals surface area (Å²) in [6, 6.07) is 1.70. The third kappa shape index (κ3) is 2.39. The quantitative estimate of drug-likeness (QED) is 0.944. The van der Waals surface area contributed by atoms with E-state index in [0.717, 1.165) is 11.3 Å². The molecule has 1 N–H and O–H groups in total. The summed E-state index contributed by atoms with van der Waals surface area (Å²) in [6.45, 7) is 0. The zero-order valence-corrected chi connectivity index (χ0v) is 11.2. The van der Waals surface area contributed by atoms with E-state index >= 15 is 0 Å². The van der Waals surface area contributed by atoms with Gasteiger partial charge in [0.2, 0.25) is 0 Å². The molecule has 0 fully saturated rings. The number of nitrogens with one attached hydrogen (secondary N) is 1. The molecule has 0 aliphatic rings. The van der Waals surface area contributed by atoms with Crippen molar-refractivity contribution in [1.29, 1.82) is 0 Å². The first kappa shape index (κ1) is 11.1. The normalized spacial score (nSPS) is 11.5. The highest BCUT2D eigenvalue weighted by Gasteiger charge is 2.19. The molecule has 2 rings (SSSR count). The Morgan fingerprint density at radius 1 is 1.33 bits per heavy atom. The van der Waals surface area contributed by atoms with Gasteiger partial charge < -0.3 is 0 Å². The molecule has 2 aromatic heterocycles. The van der Waals surface area contributed by atoms with Crippen LogP contribution in [0.25, 0.3) is 0 Å². The van der Waals surface area contributed by atoms with Gasteiger partial charge in [-0.15, -0.1) is 22.7 Å². The summed E-state index contributed by atoms with van der Waals surface area (Å²) in [7, 11) is -3.50. The Labute approximate surface area is 103 Å². The summed E-state index contributed by atoms with van der Waals surface area (Å²) in [5.74, 6) is 0. The number of aromatic nitrogens is 1. The number of hydrogen-bond donors (Lipinski definition) is 1. The van der Waals surface area contributed by atoms with Crippen molar-refractivity contribution in [1.82, 2.24) is 4.98 Å². The second-order valence-electron chi connectivity index (χ2n) is 2.50. The molecule has 0 aromatic carbocycles. The van der Waals surface area contributed by atoms with E-state index in [4.69, 9.17) is 0 Å². The van der Waals surface area contributed by atoms with Gasteiger partial charge >= 0.3 is 0 Å². The first-order valence-electron chi connectivity index (χ1n) is 3.75. The third-order valence-corrected chi connectivity index (χ3v) is 6.31. The average molecular weight is 325 g/mol. The van der Waals surface area contributed by atoms with Crippen LogP contribution >= 0.6 is 38.6 Å². The largest absolute Gasteiger partial charge is 0.274 e. The van der Waals surface area contributed by atoms with Crippen molar-refractivity contribution in [3.63, 3.8) is 0 Å². The van der Waals surface area contributed by atoms with Gasteiger partial charge in [0.25, 0.3) is 10.0 Å². The molecule has 0 spiro atoms. The van der Waals surface area contributed by atoms with Gasteiger partial charge in [-0.2, -0.15) is 0 Å². The van der Waals surface area contributed by atoms with E-state index in [-0.39, 0.29) is 4.21 Å². The summed E-state index contributed by atoms with van der Waals surface area (Å²) >= 11 is 5.58. The van der Waals surface area contributed by atoms with Crippen LogP contribution in [0, 0.1) is 0 Å². The first-order chi connectivity index (χ1) is 7.09. The second-order valence-corrected chi connectivity index (χ2v) is 7.04. The van der Waals surface area contributed by atoms with E-state index in [1.54, 1.807) is 23.0 Å². The minimum absolute atomic E-state index is 0.262. The standard InChI is InChI=1S/C7H5BrN2O2S3/c8-5-1-3-13-6(5)15(11,12)10-7-9-2-4-14-7/h1-4H,(H,9,10). The molecule has 4 nitrogen and oxygen atoms in total. The number of sulfonamides is 1. The van der Waals surface area contributed by atoms with Crippen molar-refractivity contribution in [2.24, 2.45) is 0 Å². The minimum Gasteiger partial charge on any atom is -0.254 e. The zero-order valence-electron chi connectivity index (χ0n) is 7.18. The lowest BCUT2D eigenvalue weighted by Gasteiger charge is -2.02. The molecule has 0 saturated heterocycles. The topological polar surface area (TPSA) is 59.1 Å². The Kier molecular flexibility index (Phi) is 3.10. The van der Waals surface area contributed by atoms with E-state index in [0.29, 0.717) is 9.60 Å². The van der Waals surface area contributed by atoms with E-state index in [1.807, 2.05) is 0 Å². The molecule has 15 heavy (non-hydrogen) atoms. The van der Waals surface area contributed by atoms with Crippen molar-refractivity contribution in [2.75, 3.05) is 4.72 Å². The fraction of sp³-hybridized carbons (Fsp3) is 0. The molecule has 0 unspecified atom stereocenters. The highest BCUT2D eigenvalue weighted by molar-refractivity contribution is 9.10. The summed E-state index contributed by atoms with van der Waals surface area (Å²) in [5, 5.41) is 3.79. The molecule has 2 heterocycles. The number of thiophene rings is 1. The van der Waals surface area contributed by atoms with E-state index in [1.165, 1.54) is 11.3 Å². The van der Waals surface area contributed by atoms with Gasteiger partial charge in [-0.3, -0.25) is 4.72 Å². The minimum atomic E-state index is -3.50. The van der Waals surface area contributed by atoms with Gasteiger partial charge in [-0.1, -0.05) is 0 Å². The molecular formula is C7H5BrN2O2S3. The fourth-order valence-corrected chi connectivity index (χ4v) is 5.03. The van der Waals surface area contributed by atoms with Crippen LogP contribution in [0.4, 0.5) is 5.13 Å². The van der Waals surface area contributed by atoms with Gasteiger partial charge in [0.1, 0.15) is 0 Å². The average Bonchev–Trinajstić information content (AvgIpc) is 2.75. The highest BCUT2D eigenvalue weighted by Crippen LogP contribution is 2.29. The Morgan fingerprint density at radius 3 is 2.67 bits per heavy atom. The van der Waals surface area contributed by atoms with E-state index in [9.17, 15) is 8.42 Å². The number of hydrogen-bond acceptors (Lipinski definition) is 5. The monoisotopic (exact) mass is 324 g/mol. The number of halogens is 1. The van der Waals surface area contributed by atoms with Gasteiger partial charge in [0, 0.05) is 16.0 Å². The van der Waals surface area contributed by atoms with Crippen molar-refractivity contribution >= 4 is 53.8 Å². The highest BCUT2D eigenvalue weighted by atomic mass is 79.9. The fourth-order valence-electron chi connectivity index (χ4n) is 0.907. The summed E-state index contributed by atoms with van der Waals surface area (Å²) < 4.78 is 26.9. The smallest absolute Gasteiger partial charge is 0.254 e. The van der Waals surface area contributed by atoms with Crippen molar-refractivity contribution in [2.45, 2.75) is 4.21 Å². The van der Waals surface area contributed by atoms with Crippen molar-refractivity contribution in [3.05, 3.63) is 27.5 Å². The lowest BCUT2D eigenvalue weighted by Crippen LogP contribution is -2.11. The van der Waals surface area contributed by atoms with Crippen LogP contribution in [0.5, 0.6) is 0 Å². The SMILES string of the molecule is O=S(=O)(Nc1nccs1)c1sccc1Br. The summed E-state index contributed by atoms with van der Waals surface area (Å²) in [6.07, 6.45) is 1.55. The van der Waals surface area contributed by atoms with Crippen molar-refractivity contribution < 1.29 is 8.42 Å². The van der Waals surface area contributed by atoms with Crippen LogP contribution < -0.4 is 4.72 Å². The number of thiazole rings is 1. The molecule has 0 aliphatic heterocycles. The predicted molar refractivity (Wildman–Crippen MR) is 64.9 cm³/mol. The van der Waals surface area contributed by atoms with Gasteiger partial charge in [-0.25, -0.2) is 13.4 Å². The molecule has 0 amide bonds. The predicted octanol–water partition coefficient (Wildman–Crippen LogP) is 2.77. The van der Waals surface area contributed by atoms with Crippen LogP contribution in [-0.4, -0.2) is 13.4 Å². The number of nitrogens with zero attached hydrogens (tertiary/aromatic N) is 1. The third-order valence-electron chi connectivity index (χ3n) is 1.48. The van der Waals surface area contributed by atoms with Crippen LogP contribution in [0.1, 0.15) is 0 Å².